The van der Waals surface area contributed by atoms with E-state index in [0.717, 1.165) is 45.0 Å². The van der Waals surface area contributed by atoms with Crippen LogP contribution in [0, 0.1) is 61.6 Å². The summed E-state index contributed by atoms with van der Waals surface area (Å²) in [5, 5.41) is 30.5. The first-order valence-electron chi connectivity index (χ1n) is 31.5. The Balaban J connectivity index is 0.0000177. The van der Waals surface area contributed by atoms with Crippen molar-refractivity contribution in [2.24, 2.45) is 0 Å². The third kappa shape index (κ3) is 12.4. The average molecular weight is 991 g/mol. The van der Waals surface area contributed by atoms with E-state index in [1.807, 2.05) is 0 Å². The van der Waals surface area contributed by atoms with Gasteiger partial charge in [0.2, 0.25) is 0 Å². The second-order valence-corrected chi connectivity index (χ2v) is 11.8. The molecule has 0 saturated carbocycles. The molecule has 5 aromatic rings. The molecule has 61 heavy (non-hydrogen) atoms. The van der Waals surface area contributed by atoms with Gasteiger partial charge in [-0.1, -0.05) is 48.4 Å². The van der Waals surface area contributed by atoms with Crippen LogP contribution in [0.3, 0.4) is 0 Å². The monoisotopic (exact) mass is 988 g/mol. The molecule has 2 amide bonds. The van der Waals surface area contributed by atoms with Crippen LogP contribution in [0.5, 0.6) is 17.2 Å². The van der Waals surface area contributed by atoms with Crippen molar-refractivity contribution in [2.75, 3.05) is 32.7 Å². The quantitative estimate of drug-likeness (QED) is 0.0740. The molecule has 316 valence electrons. The largest absolute Gasteiger partial charge is 0.481 e. The average Bonchev–Trinajstić information content (AvgIpc) is 0.735. The van der Waals surface area contributed by atoms with Crippen LogP contribution in [0.1, 0.15) is 103 Å². The van der Waals surface area contributed by atoms with Crippen LogP contribution in [0.15, 0.2) is 96.8 Å². The van der Waals surface area contributed by atoms with Crippen LogP contribution in [0.25, 0.3) is 22.3 Å². The Morgan fingerprint density at radius 3 is 1.18 bits per heavy atom. The maximum Gasteiger partial charge on any atom is 0.341 e. The summed E-state index contributed by atoms with van der Waals surface area (Å²) in [5.74, 6) is -17.0. The van der Waals surface area contributed by atoms with Crippen LogP contribution in [-0.2, 0) is 27.4 Å². The van der Waals surface area contributed by atoms with Gasteiger partial charge in [0, 0.05) is 125 Å². The van der Waals surface area contributed by atoms with Crippen molar-refractivity contribution in [2.45, 2.75) is 47.5 Å². The molecule has 3 N–H and O–H groups in total. The summed E-state index contributed by atoms with van der Waals surface area (Å²) >= 11 is 0. The first-order valence-corrected chi connectivity index (χ1v) is 16.5. The second kappa shape index (κ2) is 22.2. The smallest absolute Gasteiger partial charge is 0.341 e. The van der Waals surface area contributed by atoms with Crippen molar-refractivity contribution in [3.05, 3.63) is 136 Å². The van der Waals surface area contributed by atoms with Crippen molar-refractivity contribution >= 4 is 29.7 Å². The zero-order chi connectivity index (χ0) is 69.8. The molecule has 0 aliphatic rings. The number of hydrogen-bond acceptors (Lipinski definition) is 8. The fourth-order valence-electron chi connectivity index (χ4n) is 5.34. The molecular weight excluding hydrogens is 913 g/mol. The van der Waals surface area contributed by atoms with Crippen molar-refractivity contribution in [3.63, 3.8) is 0 Å². The molecular formula is C47H48N2NdO11. The van der Waals surface area contributed by atoms with Gasteiger partial charge in [-0.25, -0.2) is 14.4 Å². The number of benzene rings is 5. The Morgan fingerprint density at radius 1 is 0.541 bits per heavy atom. The molecule has 0 atom stereocenters. The van der Waals surface area contributed by atoms with Crippen molar-refractivity contribution in [3.8, 4) is 39.5 Å². The normalized spacial score (nSPS) is 19.8. The van der Waals surface area contributed by atoms with E-state index in [0.29, 0.717) is 12.1 Å². The van der Waals surface area contributed by atoms with Crippen LogP contribution in [0.4, 0.5) is 0 Å². The van der Waals surface area contributed by atoms with Crippen LogP contribution in [0.2, 0.25) is 0 Å². The molecule has 0 heterocycles. The van der Waals surface area contributed by atoms with Crippen LogP contribution >= 0.6 is 0 Å². The molecule has 13 nitrogen and oxygen atoms in total. The summed E-state index contributed by atoms with van der Waals surface area (Å²) in [4.78, 5) is 66.0. The predicted molar refractivity (Wildman–Crippen MR) is 225 cm³/mol. The maximum absolute atomic E-state index is 14.8. The summed E-state index contributed by atoms with van der Waals surface area (Å²) in [6.45, 7) is -35.4. The van der Waals surface area contributed by atoms with Crippen molar-refractivity contribution < 1.29 is 135 Å². The van der Waals surface area contributed by atoms with E-state index in [1.54, 1.807) is 0 Å². The van der Waals surface area contributed by atoms with Crippen molar-refractivity contribution in [1.82, 2.24) is 9.80 Å². The molecule has 14 heteroatoms. The van der Waals surface area contributed by atoms with E-state index in [9.17, 15) is 44.8 Å². The molecule has 0 aliphatic carbocycles. The van der Waals surface area contributed by atoms with Gasteiger partial charge in [0.25, 0.3) is 11.8 Å². The number of aryl methyl sites for hydroxylation is 3. The van der Waals surface area contributed by atoms with Crippen LogP contribution < -0.4 is 14.2 Å². The molecule has 0 unspecified atom stereocenters. The maximum atomic E-state index is 14.8. The predicted octanol–water partition coefficient (Wildman–Crippen LogP) is 7.66. The first kappa shape index (κ1) is 20.8. The SMILES string of the molecule is [2H]c1c([2H])c([2H])c(C(=O)N(C([2H])([2H])c2cc(C)cc(-c3cc(C)cc(-c4cc(C)cc(C([2H])([2H])N(C(=O)c5c([2H])c([2H])c([2H])c([2H])c5[2H])C([2H])([2H])C([2H])([2H])[2H])c4OC([2H])([2H])C(=O)O)c3OC([2H])([2H])C(=O)O)c2OC([2H])([2H])C(=O)O)C([2H])([2H])C([2H])([2H])[2H])c([2H])c1[2H].[Nd]. The minimum absolute atomic E-state index is 0. The zero-order valence-electron chi connectivity index (χ0n) is 61.5. The number of aliphatic carboxylic acids is 3. The number of carbonyl (C=O) groups excluding carboxylic acids is 2. The Hall–Kier alpha value is -5.80. The number of hydrogen-bond donors (Lipinski definition) is 3. The molecule has 0 aliphatic heterocycles. The summed E-state index contributed by atoms with van der Waals surface area (Å²) in [6.07, 6.45) is 0. The van der Waals surface area contributed by atoms with Crippen molar-refractivity contribution in [1.29, 1.82) is 0 Å². The van der Waals surface area contributed by atoms with Crippen LogP contribution in [-0.4, -0.2) is 87.5 Å². The minimum atomic E-state index is -4.44. The van der Waals surface area contributed by atoms with E-state index < -0.39 is 232 Å². The van der Waals surface area contributed by atoms with Gasteiger partial charge < -0.3 is 39.3 Å². The molecule has 0 aromatic heterocycles. The fourth-order valence-corrected chi connectivity index (χ4v) is 5.34. The molecule has 0 fully saturated rings. The van der Waals surface area contributed by atoms with E-state index >= 15 is 0 Å². The van der Waals surface area contributed by atoms with Gasteiger partial charge in [0.15, 0.2) is 19.7 Å². The van der Waals surface area contributed by atoms with Gasteiger partial charge in [-0.3, -0.25) is 9.59 Å². The summed E-state index contributed by atoms with van der Waals surface area (Å²) in [6, 6.07) is -9.10. The molecule has 5 aromatic carbocycles. The van der Waals surface area contributed by atoms with Gasteiger partial charge >= 0.3 is 17.9 Å². The molecule has 0 radical (unpaired) electrons. The Bertz CT molecular complexity index is 3550. The third-order valence-corrected chi connectivity index (χ3v) is 7.52. The number of nitrogens with zero attached hydrogens (tertiary/aromatic N) is 2. The number of carboxylic acids is 3. The van der Waals surface area contributed by atoms with E-state index in [4.69, 9.17) is 49.9 Å². The van der Waals surface area contributed by atoms with Gasteiger partial charge in [-0.2, -0.15) is 0 Å². The molecule has 5 rings (SSSR count). The molecule has 0 saturated heterocycles. The van der Waals surface area contributed by atoms with E-state index in [2.05, 4.69) is 0 Å². The van der Waals surface area contributed by atoms with Gasteiger partial charge in [-0.15, -0.1) is 0 Å². The van der Waals surface area contributed by atoms with Gasteiger partial charge in [0.1, 0.15) is 17.2 Å². The number of rotatable bonds is 19. The second-order valence-electron chi connectivity index (χ2n) is 11.8. The summed E-state index contributed by atoms with van der Waals surface area (Å²) in [7, 11) is 0. The Labute approximate surface area is 429 Å². The Morgan fingerprint density at radius 2 is 0.852 bits per heavy atom. The number of carbonyl (C=O) groups is 5. The number of carboxylic acid groups (broad SMARTS) is 3. The fraction of sp³-hybridized carbons (Fsp3) is 0.255. The minimum Gasteiger partial charge on any atom is -0.481 e. The number of ether oxygens (including phenoxy) is 3. The molecule has 0 spiro atoms. The van der Waals surface area contributed by atoms with Gasteiger partial charge in [-0.05, 0) is 99.6 Å². The number of amides is 2. The van der Waals surface area contributed by atoms with E-state index in [-0.39, 0.29) is 46.4 Å². The standard InChI is InChI=1S/C47H48N2O11.Nd/c1-6-48(46(56)32-14-10-8-11-15-32)24-34-18-29(3)20-36(43(34)58-26-40(50)51)38-22-31(5)23-39(45(38)60-28-42(54)55)37-21-30(4)19-35(44(37)59-27-41(52)53)25-49(7-2)47(57)33-16-12-9-13-17-33;/h8-23H,6-7,24-28H2,1-5H3,(H,50,51)(H,52,53)(H,54,55);/i1D3,2D3,6D2,7D2,8D,9D,10D,11D,12D,13D,14D,15D,16D,17D,24D2,25D2,26D2,27D2,28D2;. The molecule has 0 bridgehead atoms. The van der Waals surface area contributed by atoms with Gasteiger partial charge in [0.05, 0.1) is 27.4 Å². The topological polar surface area (TPSA) is 180 Å². The third-order valence-electron chi connectivity index (χ3n) is 7.52. The van der Waals surface area contributed by atoms with E-state index in [1.165, 1.54) is 0 Å². The zero-order valence-corrected chi connectivity index (χ0v) is 34.7. The first-order chi connectivity index (χ1) is 40.4. The summed E-state index contributed by atoms with van der Waals surface area (Å²) < 4.78 is 272. The summed E-state index contributed by atoms with van der Waals surface area (Å²) in [5.41, 5.74) is -11.6. The Kier molecular flexibility index (Phi) is 7.57.